The molecule has 1 atom stereocenters. The Morgan fingerprint density at radius 3 is 2.69 bits per heavy atom. The van der Waals surface area contributed by atoms with E-state index in [1.165, 1.54) is 0 Å². The van der Waals surface area contributed by atoms with E-state index in [0.29, 0.717) is 31.9 Å². The summed E-state index contributed by atoms with van der Waals surface area (Å²) in [5.41, 5.74) is 1.77. The Kier molecular flexibility index (Phi) is 8.37. The minimum Gasteiger partial charge on any atom is -0.377 e. The lowest BCUT2D eigenvalue weighted by Crippen LogP contribution is -2.38. The summed E-state index contributed by atoms with van der Waals surface area (Å²) in [6.07, 6.45) is 2.48. The number of nitrogens with one attached hydrogen (secondary N) is 2. The largest absolute Gasteiger partial charge is 0.377 e. The molecule has 1 aliphatic heterocycles. The van der Waals surface area contributed by atoms with Crippen LogP contribution < -0.4 is 10.6 Å². The molecule has 7 nitrogen and oxygen atoms in total. The molecule has 0 bridgehead atoms. The van der Waals surface area contributed by atoms with E-state index >= 15 is 0 Å². The summed E-state index contributed by atoms with van der Waals surface area (Å²) < 4.78 is 11.1. The van der Waals surface area contributed by atoms with E-state index in [1.54, 1.807) is 26.0 Å². The van der Waals surface area contributed by atoms with E-state index < -0.39 is 0 Å². The van der Waals surface area contributed by atoms with Gasteiger partial charge in [0.15, 0.2) is 5.96 Å². The Bertz CT molecular complexity index is 581. The van der Waals surface area contributed by atoms with Crippen LogP contribution in [0.25, 0.3) is 0 Å². The van der Waals surface area contributed by atoms with E-state index in [4.69, 9.17) is 9.47 Å². The zero-order valence-electron chi connectivity index (χ0n) is 16.0. The second-order valence-electron chi connectivity index (χ2n) is 6.46. The van der Waals surface area contributed by atoms with Gasteiger partial charge in [0.05, 0.1) is 19.3 Å². The van der Waals surface area contributed by atoms with Gasteiger partial charge in [-0.15, -0.1) is 0 Å². The van der Waals surface area contributed by atoms with Crippen molar-refractivity contribution in [3.8, 4) is 0 Å². The van der Waals surface area contributed by atoms with E-state index in [9.17, 15) is 4.79 Å². The summed E-state index contributed by atoms with van der Waals surface area (Å²) in [5.74, 6) is 0.726. The number of nitrogens with zero attached hydrogens (tertiary/aromatic N) is 2. The van der Waals surface area contributed by atoms with Crippen LogP contribution in [0.5, 0.6) is 0 Å². The van der Waals surface area contributed by atoms with E-state index in [-0.39, 0.29) is 12.0 Å². The summed E-state index contributed by atoms with van der Waals surface area (Å²) in [6, 6.07) is 7.58. The van der Waals surface area contributed by atoms with Crippen molar-refractivity contribution >= 4 is 11.9 Å². The van der Waals surface area contributed by atoms with Gasteiger partial charge in [0.25, 0.3) is 5.91 Å². The van der Waals surface area contributed by atoms with Gasteiger partial charge in [-0.25, -0.2) is 0 Å². The first kappa shape index (κ1) is 20.2. The number of carbonyl (C=O) groups is 1. The van der Waals surface area contributed by atoms with Crippen molar-refractivity contribution in [3.63, 3.8) is 0 Å². The smallest absolute Gasteiger partial charge is 0.253 e. The Morgan fingerprint density at radius 1 is 1.31 bits per heavy atom. The van der Waals surface area contributed by atoms with Gasteiger partial charge in [0.2, 0.25) is 0 Å². The quantitative estimate of drug-likeness (QED) is 0.414. The van der Waals surface area contributed by atoms with Crippen LogP contribution in [0.4, 0.5) is 0 Å². The third kappa shape index (κ3) is 6.65. The molecular formula is C19H30N4O3. The normalized spacial score (nSPS) is 17.2. The molecule has 1 heterocycles. The predicted molar refractivity (Wildman–Crippen MR) is 102 cm³/mol. The minimum absolute atomic E-state index is 0.00462. The Hall–Kier alpha value is -2.12. The van der Waals surface area contributed by atoms with Crippen LogP contribution >= 0.6 is 0 Å². The van der Waals surface area contributed by atoms with Crippen molar-refractivity contribution in [2.24, 2.45) is 4.99 Å². The van der Waals surface area contributed by atoms with Crippen molar-refractivity contribution in [1.29, 1.82) is 0 Å². The number of amides is 1. The Morgan fingerprint density at radius 2 is 2.08 bits per heavy atom. The maximum absolute atomic E-state index is 11.9. The molecule has 2 N–H and O–H groups in total. The Labute approximate surface area is 155 Å². The van der Waals surface area contributed by atoms with Crippen molar-refractivity contribution < 1.29 is 14.3 Å². The monoisotopic (exact) mass is 362 g/mol. The molecule has 1 fully saturated rings. The van der Waals surface area contributed by atoms with Crippen LogP contribution in [-0.2, 0) is 16.0 Å². The summed E-state index contributed by atoms with van der Waals surface area (Å²) >= 11 is 0. The van der Waals surface area contributed by atoms with Crippen molar-refractivity contribution in [1.82, 2.24) is 15.5 Å². The molecule has 0 spiro atoms. The summed E-state index contributed by atoms with van der Waals surface area (Å²) in [7, 11) is 5.23. The van der Waals surface area contributed by atoms with E-state index in [0.717, 1.165) is 31.0 Å². The van der Waals surface area contributed by atoms with Gasteiger partial charge in [-0.1, -0.05) is 12.1 Å². The fourth-order valence-electron chi connectivity index (χ4n) is 2.66. The molecule has 2 rings (SSSR count). The highest BCUT2D eigenvalue weighted by molar-refractivity contribution is 5.93. The molecule has 0 aromatic heterocycles. The highest BCUT2D eigenvalue weighted by atomic mass is 16.5. The number of aliphatic imine (C=N–C) groups is 1. The van der Waals surface area contributed by atoms with Gasteiger partial charge in [-0.2, -0.15) is 0 Å². The average molecular weight is 362 g/mol. The molecule has 1 aliphatic rings. The molecule has 1 amide bonds. The summed E-state index contributed by atoms with van der Waals surface area (Å²) in [5, 5.41) is 6.47. The van der Waals surface area contributed by atoms with Crippen molar-refractivity contribution in [3.05, 3.63) is 35.4 Å². The first-order valence-corrected chi connectivity index (χ1v) is 9.04. The number of rotatable bonds is 8. The van der Waals surface area contributed by atoms with Crippen LogP contribution in [0.15, 0.2) is 29.3 Å². The predicted octanol–water partition coefficient (Wildman–Crippen LogP) is 1.25. The lowest BCUT2D eigenvalue weighted by atomic mass is 10.1. The van der Waals surface area contributed by atoms with Gasteiger partial charge in [0.1, 0.15) is 0 Å². The molecule has 0 saturated carbocycles. The van der Waals surface area contributed by atoms with Gasteiger partial charge in [0, 0.05) is 46.4 Å². The highest BCUT2D eigenvalue weighted by Crippen LogP contribution is 2.11. The molecular weight excluding hydrogens is 332 g/mol. The zero-order valence-corrected chi connectivity index (χ0v) is 16.0. The van der Waals surface area contributed by atoms with Gasteiger partial charge in [-0.05, 0) is 30.5 Å². The van der Waals surface area contributed by atoms with Crippen molar-refractivity contribution in [2.75, 3.05) is 47.5 Å². The number of hydrogen-bond donors (Lipinski definition) is 2. The maximum atomic E-state index is 11.9. The number of carbonyl (C=O) groups excluding carboxylic acids is 1. The number of guanidine groups is 1. The average Bonchev–Trinajstić information content (AvgIpc) is 3.17. The first-order chi connectivity index (χ1) is 12.6. The summed E-state index contributed by atoms with van der Waals surface area (Å²) in [6.45, 7) is 3.44. The zero-order chi connectivity index (χ0) is 18.8. The van der Waals surface area contributed by atoms with E-state index in [1.807, 2.05) is 24.3 Å². The fourth-order valence-corrected chi connectivity index (χ4v) is 2.66. The standard InChI is InChI=1S/C19H30N4O3/c1-20-19(21-10-12-25-14-17-5-4-11-26-17)22-13-15-6-8-16(9-7-15)18(24)23(2)3/h6-9,17H,4-5,10-14H2,1-3H3,(H2,20,21,22). The molecule has 26 heavy (non-hydrogen) atoms. The number of benzene rings is 1. The number of hydrogen-bond acceptors (Lipinski definition) is 4. The lowest BCUT2D eigenvalue weighted by molar-refractivity contribution is 0.0191. The first-order valence-electron chi connectivity index (χ1n) is 9.04. The van der Waals surface area contributed by atoms with E-state index in [2.05, 4.69) is 15.6 Å². The Balaban J connectivity index is 1.65. The highest BCUT2D eigenvalue weighted by Gasteiger charge is 2.15. The second-order valence-corrected chi connectivity index (χ2v) is 6.46. The van der Waals surface area contributed by atoms with Crippen LogP contribution in [0.2, 0.25) is 0 Å². The molecule has 1 aromatic carbocycles. The SMILES string of the molecule is CN=C(NCCOCC1CCCO1)NCc1ccc(C(=O)N(C)C)cc1. The molecule has 1 unspecified atom stereocenters. The fraction of sp³-hybridized carbons (Fsp3) is 0.579. The third-order valence-electron chi connectivity index (χ3n) is 4.16. The minimum atomic E-state index is 0.00462. The third-order valence-corrected chi connectivity index (χ3v) is 4.16. The van der Waals surface area contributed by atoms with Crippen LogP contribution in [-0.4, -0.2) is 70.4 Å². The van der Waals surface area contributed by atoms with Crippen LogP contribution in [0.1, 0.15) is 28.8 Å². The second kappa shape index (κ2) is 10.8. The molecule has 144 valence electrons. The molecule has 7 heteroatoms. The van der Waals surface area contributed by atoms with Crippen LogP contribution in [0.3, 0.4) is 0 Å². The van der Waals surface area contributed by atoms with Gasteiger partial charge in [-0.3, -0.25) is 9.79 Å². The summed E-state index contributed by atoms with van der Waals surface area (Å²) in [4.78, 5) is 17.7. The lowest BCUT2D eigenvalue weighted by Gasteiger charge is -2.14. The topological polar surface area (TPSA) is 75.2 Å². The van der Waals surface area contributed by atoms with Crippen LogP contribution in [0, 0.1) is 0 Å². The van der Waals surface area contributed by atoms with Gasteiger partial charge < -0.3 is 25.0 Å². The number of ether oxygens (including phenoxy) is 2. The molecule has 0 radical (unpaired) electrons. The van der Waals surface area contributed by atoms with Gasteiger partial charge >= 0.3 is 0 Å². The maximum Gasteiger partial charge on any atom is 0.253 e. The molecule has 1 saturated heterocycles. The van der Waals surface area contributed by atoms with Crippen molar-refractivity contribution in [2.45, 2.75) is 25.5 Å². The molecule has 0 aliphatic carbocycles. The molecule has 1 aromatic rings.